The first-order valence-corrected chi connectivity index (χ1v) is 6.78. The molecule has 0 radical (unpaired) electrons. The van der Waals surface area contributed by atoms with Gasteiger partial charge in [-0.25, -0.2) is 0 Å². The number of anilines is 2. The van der Waals surface area contributed by atoms with Crippen LogP contribution in [0.15, 0.2) is 24.3 Å². The molecule has 0 unspecified atom stereocenters. The van der Waals surface area contributed by atoms with Gasteiger partial charge in [0.1, 0.15) is 6.54 Å². The second kappa shape index (κ2) is 6.35. The van der Waals surface area contributed by atoms with Crippen LogP contribution in [0.3, 0.4) is 0 Å². The maximum absolute atomic E-state index is 12.6. The molecule has 0 atom stereocenters. The fraction of sp³-hybridized carbons (Fsp3) is 0.571. The van der Waals surface area contributed by atoms with Crippen LogP contribution in [-0.2, 0) is 0 Å². The van der Waals surface area contributed by atoms with Crippen molar-refractivity contribution in [1.29, 1.82) is 0 Å². The van der Waals surface area contributed by atoms with Gasteiger partial charge in [0, 0.05) is 26.2 Å². The van der Waals surface area contributed by atoms with E-state index in [-0.39, 0.29) is 6.61 Å². The summed E-state index contributed by atoms with van der Waals surface area (Å²) in [6.45, 7) is 0.954. The number of nitrogens with zero attached hydrogens (tertiary/aromatic N) is 2. The van der Waals surface area contributed by atoms with E-state index in [0.717, 1.165) is 18.7 Å². The van der Waals surface area contributed by atoms with Crippen LogP contribution in [0, 0.1) is 0 Å². The molecule has 0 bridgehead atoms. The lowest BCUT2D eigenvalue weighted by atomic mass is 10.1. The Kier molecular flexibility index (Phi) is 4.75. The second-order valence-corrected chi connectivity index (χ2v) is 4.94. The molecule has 0 spiro atoms. The second-order valence-electron chi connectivity index (χ2n) is 4.94. The maximum Gasteiger partial charge on any atom is 0.405 e. The van der Waals surface area contributed by atoms with E-state index in [1.807, 2.05) is 12.1 Å². The summed E-state index contributed by atoms with van der Waals surface area (Å²) in [7, 11) is 0. The molecule has 1 aliphatic rings. The number of alkyl halides is 3. The molecule has 112 valence electrons. The van der Waals surface area contributed by atoms with Crippen LogP contribution in [0.4, 0.5) is 24.5 Å². The normalized spacial score (nSPS) is 15.4. The highest BCUT2D eigenvalue weighted by Crippen LogP contribution is 2.34. The van der Waals surface area contributed by atoms with Crippen molar-refractivity contribution in [2.24, 2.45) is 0 Å². The molecule has 1 N–H and O–H groups in total. The molecule has 20 heavy (non-hydrogen) atoms. The Hall–Kier alpha value is -1.43. The van der Waals surface area contributed by atoms with Gasteiger partial charge >= 0.3 is 6.18 Å². The molecule has 1 heterocycles. The maximum atomic E-state index is 12.6. The molecule has 1 aliphatic heterocycles. The first kappa shape index (κ1) is 15.0. The van der Waals surface area contributed by atoms with E-state index in [9.17, 15) is 13.2 Å². The third-order valence-corrected chi connectivity index (χ3v) is 3.41. The van der Waals surface area contributed by atoms with Gasteiger partial charge in [-0.1, -0.05) is 12.1 Å². The first-order chi connectivity index (χ1) is 9.51. The van der Waals surface area contributed by atoms with E-state index in [2.05, 4.69) is 4.90 Å². The van der Waals surface area contributed by atoms with E-state index in [1.165, 1.54) is 4.90 Å². The highest BCUT2D eigenvalue weighted by molar-refractivity contribution is 5.73. The molecule has 2 rings (SSSR count). The van der Waals surface area contributed by atoms with Gasteiger partial charge in [0.25, 0.3) is 0 Å². The Balaban J connectivity index is 2.12. The number of aliphatic hydroxyl groups excluding tert-OH is 1. The lowest BCUT2D eigenvalue weighted by Crippen LogP contribution is -2.45. The number of unbranched alkanes of at least 4 members (excludes halogenated alkanes) is 1. The number of aliphatic hydroxyl groups is 1. The Labute approximate surface area is 116 Å². The Morgan fingerprint density at radius 3 is 2.20 bits per heavy atom. The average molecular weight is 288 g/mol. The molecule has 1 aromatic rings. The molecule has 0 saturated carbocycles. The van der Waals surface area contributed by atoms with Crippen LogP contribution in [-0.4, -0.2) is 44.1 Å². The minimum absolute atomic E-state index is 0.148. The third kappa shape index (κ3) is 3.79. The standard InChI is InChI=1S/C14H19F3N2O/c15-14(16,17)11-19-9-8-18(7-3-4-10-20)12-5-1-2-6-13(12)19/h1-2,5-6,20H,3-4,7-11H2. The van der Waals surface area contributed by atoms with Gasteiger partial charge in [-0.05, 0) is 25.0 Å². The predicted octanol–water partition coefficient (Wildman–Crippen LogP) is 2.65. The van der Waals surface area contributed by atoms with Crippen molar-refractivity contribution >= 4 is 11.4 Å². The summed E-state index contributed by atoms with van der Waals surface area (Å²) in [4.78, 5) is 3.48. The van der Waals surface area contributed by atoms with Crippen LogP contribution in [0.5, 0.6) is 0 Å². The van der Waals surface area contributed by atoms with Gasteiger partial charge in [0.2, 0.25) is 0 Å². The highest BCUT2D eigenvalue weighted by Gasteiger charge is 2.33. The van der Waals surface area contributed by atoms with Crippen LogP contribution in [0.25, 0.3) is 0 Å². The number of fused-ring (bicyclic) bond motifs is 1. The van der Waals surface area contributed by atoms with E-state index in [1.54, 1.807) is 12.1 Å². The smallest absolute Gasteiger partial charge is 0.396 e. The molecule has 0 aromatic heterocycles. The first-order valence-electron chi connectivity index (χ1n) is 6.78. The fourth-order valence-electron chi connectivity index (χ4n) is 2.51. The minimum atomic E-state index is -4.19. The van der Waals surface area contributed by atoms with Gasteiger partial charge in [0.05, 0.1) is 11.4 Å². The average Bonchev–Trinajstić information content (AvgIpc) is 2.40. The highest BCUT2D eigenvalue weighted by atomic mass is 19.4. The molecule has 0 aliphatic carbocycles. The zero-order chi connectivity index (χ0) is 14.6. The summed E-state index contributed by atoms with van der Waals surface area (Å²) in [6.07, 6.45) is -2.64. The molecule has 0 fully saturated rings. The number of hydrogen-bond acceptors (Lipinski definition) is 3. The van der Waals surface area contributed by atoms with Crippen LogP contribution in [0.1, 0.15) is 12.8 Å². The van der Waals surface area contributed by atoms with Crippen molar-refractivity contribution in [2.75, 3.05) is 42.6 Å². The summed E-state index contributed by atoms with van der Waals surface area (Å²) in [5.41, 5.74) is 1.49. The van der Waals surface area contributed by atoms with Crippen molar-refractivity contribution < 1.29 is 18.3 Å². The number of halogens is 3. The Morgan fingerprint density at radius 1 is 1.00 bits per heavy atom. The number of para-hydroxylation sites is 2. The molecule has 0 saturated heterocycles. The topological polar surface area (TPSA) is 26.7 Å². The number of benzene rings is 1. The third-order valence-electron chi connectivity index (χ3n) is 3.41. The molecule has 1 aromatic carbocycles. The molecule has 3 nitrogen and oxygen atoms in total. The molecular weight excluding hydrogens is 269 g/mol. The summed E-state index contributed by atoms with van der Waals surface area (Å²) in [5.74, 6) is 0. The fourth-order valence-corrected chi connectivity index (χ4v) is 2.51. The summed E-state index contributed by atoms with van der Waals surface area (Å²) in [6, 6.07) is 7.20. The number of rotatable bonds is 5. The Bertz CT molecular complexity index is 437. The zero-order valence-corrected chi connectivity index (χ0v) is 11.2. The predicted molar refractivity (Wildman–Crippen MR) is 73.2 cm³/mol. The van der Waals surface area contributed by atoms with Crippen molar-refractivity contribution in [2.45, 2.75) is 19.0 Å². The monoisotopic (exact) mass is 288 g/mol. The van der Waals surface area contributed by atoms with Crippen molar-refractivity contribution in [3.63, 3.8) is 0 Å². The van der Waals surface area contributed by atoms with Gasteiger partial charge in [-0.15, -0.1) is 0 Å². The van der Waals surface area contributed by atoms with Gasteiger partial charge in [0.15, 0.2) is 0 Å². The van der Waals surface area contributed by atoms with E-state index in [4.69, 9.17) is 5.11 Å². The Morgan fingerprint density at radius 2 is 1.60 bits per heavy atom. The summed E-state index contributed by atoms with van der Waals surface area (Å²) < 4.78 is 37.8. The number of hydrogen-bond donors (Lipinski definition) is 1. The van der Waals surface area contributed by atoms with Crippen molar-refractivity contribution in [1.82, 2.24) is 0 Å². The summed E-state index contributed by atoms with van der Waals surface area (Å²) >= 11 is 0. The van der Waals surface area contributed by atoms with Gasteiger partial charge < -0.3 is 14.9 Å². The lowest BCUT2D eigenvalue weighted by Gasteiger charge is -2.39. The van der Waals surface area contributed by atoms with Gasteiger partial charge in [-0.2, -0.15) is 13.2 Å². The molecule has 6 heteroatoms. The van der Waals surface area contributed by atoms with E-state index >= 15 is 0 Å². The quantitative estimate of drug-likeness (QED) is 0.844. The van der Waals surface area contributed by atoms with Gasteiger partial charge in [-0.3, -0.25) is 0 Å². The lowest BCUT2D eigenvalue weighted by molar-refractivity contribution is -0.119. The SMILES string of the molecule is OCCCCN1CCN(CC(F)(F)F)c2ccccc21. The zero-order valence-electron chi connectivity index (χ0n) is 11.2. The van der Waals surface area contributed by atoms with E-state index < -0.39 is 12.7 Å². The van der Waals surface area contributed by atoms with E-state index in [0.29, 0.717) is 25.2 Å². The summed E-state index contributed by atoms with van der Waals surface area (Å²) in [5, 5.41) is 8.81. The molecular formula is C14H19F3N2O. The van der Waals surface area contributed by atoms with Crippen LogP contribution in [0.2, 0.25) is 0 Å². The van der Waals surface area contributed by atoms with Crippen molar-refractivity contribution in [3.05, 3.63) is 24.3 Å². The van der Waals surface area contributed by atoms with Crippen LogP contribution >= 0.6 is 0 Å². The van der Waals surface area contributed by atoms with Crippen molar-refractivity contribution in [3.8, 4) is 0 Å². The molecule has 0 amide bonds. The minimum Gasteiger partial charge on any atom is -0.396 e. The largest absolute Gasteiger partial charge is 0.405 e. The van der Waals surface area contributed by atoms with Crippen LogP contribution < -0.4 is 9.80 Å².